The van der Waals surface area contributed by atoms with Gasteiger partial charge in [0, 0.05) is 37.1 Å². The summed E-state index contributed by atoms with van der Waals surface area (Å²) in [6, 6.07) is 14.6. The minimum absolute atomic E-state index is 0.00876. The van der Waals surface area contributed by atoms with E-state index in [1.807, 2.05) is 34.9 Å². The van der Waals surface area contributed by atoms with Gasteiger partial charge in [-0.2, -0.15) is 0 Å². The summed E-state index contributed by atoms with van der Waals surface area (Å²) in [4.78, 5) is 14.9. The second kappa shape index (κ2) is 9.41. The largest absolute Gasteiger partial charge is 0.504 e. The molecule has 4 rings (SSSR count). The highest BCUT2D eigenvalue weighted by atomic mass is 16.5. The van der Waals surface area contributed by atoms with Crippen LogP contribution in [0, 0.1) is 0 Å². The van der Waals surface area contributed by atoms with Gasteiger partial charge in [-0.1, -0.05) is 12.1 Å². The molecule has 0 atom stereocenters. The van der Waals surface area contributed by atoms with Gasteiger partial charge >= 0.3 is 0 Å². The Morgan fingerprint density at radius 2 is 1.84 bits per heavy atom. The number of piperidine rings is 1. The molecule has 0 radical (unpaired) electrons. The SMILES string of the molecule is COc1cccc2c1ccc(=O)n2CCN1CCC(NCc2ccc(O)c(O)c2)CC1. The van der Waals surface area contributed by atoms with Gasteiger partial charge in [-0.15, -0.1) is 0 Å². The molecule has 1 aromatic heterocycles. The first-order valence-electron chi connectivity index (χ1n) is 10.7. The number of methoxy groups -OCH3 is 1. The first kappa shape index (κ1) is 21.2. The van der Waals surface area contributed by atoms with E-state index in [1.165, 1.54) is 6.07 Å². The van der Waals surface area contributed by atoms with Crippen molar-refractivity contribution in [1.82, 2.24) is 14.8 Å². The fraction of sp³-hybridized carbons (Fsp3) is 0.375. The summed E-state index contributed by atoms with van der Waals surface area (Å²) in [6.07, 6.45) is 2.06. The van der Waals surface area contributed by atoms with Crippen LogP contribution < -0.4 is 15.6 Å². The molecule has 0 spiro atoms. The van der Waals surface area contributed by atoms with Crippen LogP contribution in [0.5, 0.6) is 17.2 Å². The lowest BCUT2D eigenvalue weighted by Gasteiger charge is -2.32. The smallest absolute Gasteiger partial charge is 0.251 e. The number of aromatic hydroxyl groups is 2. The maximum Gasteiger partial charge on any atom is 0.251 e. The monoisotopic (exact) mass is 423 g/mol. The third-order valence-corrected chi connectivity index (χ3v) is 6.07. The molecule has 31 heavy (non-hydrogen) atoms. The molecule has 3 N–H and O–H groups in total. The molecule has 164 valence electrons. The highest BCUT2D eigenvalue weighted by molar-refractivity contribution is 5.85. The van der Waals surface area contributed by atoms with Crippen LogP contribution in [0.3, 0.4) is 0 Å². The van der Waals surface area contributed by atoms with Crippen LogP contribution in [0.2, 0.25) is 0 Å². The summed E-state index contributed by atoms with van der Waals surface area (Å²) in [5, 5.41) is 23.5. The maximum atomic E-state index is 12.5. The fourth-order valence-corrected chi connectivity index (χ4v) is 4.25. The highest BCUT2D eigenvalue weighted by Gasteiger charge is 2.19. The number of phenols is 2. The van der Waals surface area contributed by atoms with E-state index in [1.54, 1.807) is 19.2 Å². The van der Waals surface area contributed by atoms with Gasteiger partial charge in [-0.25, -0.2) is 0 Å². The Bertz CT molecular complexity index is 1100. The summed E-state index contributed by atoms with van der Waals surface area (Å²) >= 11 is 0. The van der Waals surface area contributed by atoms with E-state index in [4.69, 9.17) is 4.74 Å². The molecule has 1 fully saturated rings. The summed E-state index contributed by atoms with van der Waals surface area (Å²) in [7, 11) is 1.65. The van der Waals surface area contributed by atoms with E-state index in [0.717, 1.165) is 54.7 Å². The molecular formula is C24H29N3O4. The number of nitrogens with zero attached hydrogens (tertiary/aromatic N) is 2. The molecular weight excluding hydrogens is 394 g/mol. The molecule has 0 unspecified atom stereocenters. The van der Waals surface area contributed by atoms with Crippen LogP contribution in [0.15, 0.2) is 53.3 Å². The van der Waals surface area contributed by atoms with Crippen molar-refractivity contribution < 1.29 is 14.9 Å². The molecule has 1 saturated heterocycles. The predicted molar refractivity (Wildman–Crippen MR) is 121 cm³/mol. The van der Waals surface area contributed by atoms with Crippen LogP contribution in [0.25, 0.3) is 10.9 Å². The molecule has 0 amide bonds. The van der Waals surface area contributed by atoms with Crippen LogP contribution in [0.4, 0.5) is 0 Å². The number of hydrogen-bond acceptors (Lipinski definition) is 6. The molecule has 2 heterocycles. The Balaban J connectivity index is 1.31. The molecule has 0 aliphatic carbocycles. The first-order valence-corrected chi connectivity index (χ1v) is 10.7. The molecule has 7 heteroatoms. The van der Waals surface area contributed by atoms with Gasteiger partial charge in [-0.05, 0) is 61.8 Å². The first-order chi connectivity index (χ1) is 15.0. The highest BCUT2D eigenvalue weighted by Crippen LogP contribution is 2.25. The van der Waals surface area contributed by atoms with Gasteiger partial charge in [0.1, 0.15) is 5.75 Å². The quantitative estimate of drug-likeness (QED) is 0.507. The van der Waals surface area contributed by atoms with Crippen molar-refractivity contribution in [2.75, 3.05) is 26.7 Å². The second-order valence-electron chi connectivity index (χ2n) is 8.04. The Labute approximate surface area is 181 Å². The molecule has 1 aliphatic heterocycles. The lowest BCUT2D eigenvalue weighted by molar-refractivity contribution is 0.191. The number of hydrogen-bond donors (Lipinski definition) is 3. The van der Waals surface area contributed by atoms with E-state index in [2.05, 4.69) is 10.2 Å². The van der Waals surface area contributed by atoms with Crippen molar-refractivity contribution >= 4 is 10.9 Å². The average Bonchev–Trinajstić information content (AvgIpc) is 2.79. The zero-order valence-electron chi connectivity index (χ0n) is 17.8. The number of aromatic nitrogens is 1. The van der Waals surface area contributed by atoms with Crippen molar-refractivity contribution in [2.45, 2.75) is 32.0 Å². The van der Waals surface area contributed by atoms with Crippen LogP contribution >= 0.6 is 0 Å². The normalized spacial score (nSPS) is 15.4. The zero-order chi connectivity index (χ0) is 21.8. The van der Waals surface area contributed by atoms with E-state index in [9.17, 15) is 15.0 Å². The number of likely N-dealkylation sites (tertiary alicyclic amines) is 1. The molecule has 0 bridgehead atoms. The Kier molecular flexibility index (Phi) is 6.44. The van der Waals surface area contributed by atoms with Gasteiger partial charge in [0.05, 0.1) is 12.6 Å². The minimum Gasteiger partial charge on any atom is -0.504 e. The van der Waals surface area contributed by atoms with Crippen molar-refractivity contribution in [1.29, 1.82) is 0 Å². The second-order valence-corrected chi connectivity index (χ2v) is 8.04. The fourth-order valence-electron chi connectivity index (χ4n) is 4.25. The van der Waals surface area contributed by atoms with Crippen molar-refractivity contribution in [3.8, 4) is 17.2 Å². The van der Waals surface area contributed by atoms with Crippen LogP contribution in [-0.2, 0) is 13.1 Å². The Morgan fingerprint density at radius 1 is 1.03 bits per heavy atom. The van der Waals surface area contributed by atoms with E-state index < -0.39 is 0 Å². The van der Waals surface area contributed by atoms with Crippen LogP contribution in [0.1, 0.15) is 18.4 Å². The van der Waals surface area contributed by atoms with Crippen molar-refractivity contribution in [3.05, 3.63) is 64.4 Å². The Hall–Kier alpha value is -3.03. The summed E-state index contributed by atoms with van der Waals surface area (Å²) in [5.41, 5.74) is 1.86. The number of phenolic OH excluding ortho intramolecular Hbond substituents is 2. The minimum atomic E-state index is -0.0965. The molecule has 7 nitrogen and oxygen atoms in total. The summed E-state index contributed by atoms with van der Waals surface area (Å²) in [6.45, 7) is 4.08. The summed E-state index contributed by atoms with van der Waals surface area (Å²) in [5.74, 6) is 0.594. The van der Waals surface area contributed by atoms with Gasteiger partial charge in [0.2, 0.25) is 0 Å². The molecule has 2 aromatic carbocycles. The van der Waals surface area contributed by atoms with E-state index in [0.29, 0.717) is 19.1 Å². The Morgan fingerprint density at radius 3 is 2.58 bits per heavy atom. The van der Waals surface area contributed by atoms with Gasteiger partial charge in [-0.3, -0.25) is 4.79 Å². The molecule has 0 saturated carbocycles. The number of benzene rings is 2. The predicted octanol–water partition coefficient (Wildman–Crippen LogP) is 2.68. The summed E-state index contributed by atoms with van der Waals surface area (Å²) < 4.78 is 7.27. The van der Waals surface area contributed by atoms with Gasteiger partial charge in [0.15, 0.2) is 11.5 Å². The van der Waals surface area contributed by atoms with Gasteiger partial charge in [0.25, 0.3) is 5.56 Å². The third-order valence-electron chi connectivity index (χ3n) is 6.07. The average molecular weight is 424 g/mol. The third kappa shape index (κ3) is 4.84. The lowest BCUT2D eigenvalue weighted by atomic mass is 10.0. The van der Waals surface area contributed by atoms with E-state index in [-0.39, 0.29) is 17.1 Å². The zero-order valence-corrected chi connectivity index (χ0v) is 17.8. The number of rotatable bonds is 7. The lowest BCUT2D eigenvalue weighted by Crippen LogP contribution is -2.43. The number of fused-ring (bicyclic) bond motifs is 1. The number of ether oxygens (including phenoxy) is 1. The van der Waals surface area contributed by atoms with E-state index >= 15 is 0 Å². The standard InChI is InChI=1S/C24H29N3O4/c1-31-23-4-2-3-20-19(23)6-8-24(30)27(20)14-13-26-11-9-18(10-12-26)25-16-17-5-7-21(28)22(29)15-17/h2-8,15,18,25,28-29H,9-14,16H2,1H3. The van der Waals surface area contributed by atoms with Crippen LogP contribution in [-0.4, -0.2) is 52.5 Å². The van der Waals surface area contributed by atoms with Gasteiger partial charge < -0.3 is 29.7 Å². The number of pyridine rings is 1. The topological polar surface area (TPSA) is 87.0 Å². The molecule has 1 aliphatic rings. The molecule has 3 aromatic rings. The van der Waals surface area contributed by atoms with Crippen molar-refractivity contribution in [3.63, 3.8) is 0 Å². The maximum absolute atomic E-state index is 12.5. The van der Waals surface area contributed by atoms with Crippen molar-refractivity contribution in [2.24, 2.45) is 0 Å². The number of nitrogens with one attached hydrogen (secondary N) is 1.